The lowest BCUT2D eigenvalue weighted by atomic mass is 10.2. The Kier molecular flexibility index (Phi) is 6.91. The number of amides is 1. The van der Waals surface area contributed by atoms with Crippen molar-refractivity contribution in [2.24, 2.45) is 0 Å². The molecule has 9 nitrogen and oxygen atoms in total. The molecule has 10 heteroatoms. The fourth-order valence-electron chi connectivity index (χ4n) is 2.82. The molecule has 164 valence electrons. The Morgan fingerprint density at radius 3 is 2.42 bits per heavy atom. The van der Waals surface area contributed by atoms with Gasteiger partial charge in [-0.2, -0.15) is 0 Å². The zero-order valence-corrected chi connectivity index (χ0v) is 18.2. The Morgan fingerprint density at radius 1 is 1.00 bits per heavy atom. The van der Waals surface area contributed by atoms with Gasteiger partial charge in [0.2, 0.25) is 5.89 Å². The van der Waals surface area contributed by atoms with Crippen LogP contribution in [0.5, 0.6) is 11.5 Å². The number of aromatic nitrogens is 2. The summed E-state index contributed by atoms with van der Waals surface area (Å²) in [4.78, 5) is 12.6. The van der Waals surface area contributed by atoms with Gasteiger partial charge in [0, 0.05) is 5.56 Å². The van der Waals surface area contributed by atoms with E-state index in [0.717, 1.165) is 0 Å². The van der Waals surface area contributed by atoms with E-state index in [1.165, 1.54) is 19.1 Å². The summed E-state index contributed by atoms with van der Waals surface area (Å²) < 4.78 is 41.2. The molecule has 0 saturated carbocycles. The van der Waals surface area contributed by atoms with Crippen molar-refractivity contribution in [3.63, 3.8) is 0 Å². The van der Waals surface area contributed by atoms with E-state index in [4.69, 9.17) is 13.9 Å². The van der Waals surface area contributed by atoms with E-state index in [1.807, 2.05) is 13.8 Å². The van der Waals surface area contributed by atoms with Gasteiger partial charge in [-0.25, -0.2) is 8.42 Å². The van der Waals surface area contributed by atoms with Crippen molar-refractivity contribution in [3.05, 3.63) is 48.0 Å². The molecule has 3 aromatic rings. The van der Waals surface area contributed by atoms with Crippen LogP contribution in [-0.4, -0.2) is 43.5 Å². The summed E-state index contributed by atoms with van der Waals surface area (Å²) in [6.45, 7) is 6.20. The molecule has 1 N–H and O–H groups in total. The molecule has 0 saturated heterocycles. The second kappa shape index (κ2) is 9.61. The molecule has 0 aliphatic carbocycles. The molecule has 0 aliphatic rings. The highest BCUT2D eigenvalue weighted by atomic mass is 32.2. The van der Waals surface area contributed by atoms with Crippen molar-refractivity contribution in [2.45, 2.75) is 25.7 Å². The summed E-state index contributed by atoms with van der Waals surface area (Å²) in [7, 11) is -3.58. The Balaban J connectivity index is 1.84. The molecule has 0 aliphatic heterocycles. The van der Waals surface area contributed by atoms with Gasteiger partial charge in [0.25, 0.3) is 5.91 Å². The van der Waals surface area contributed by atoms with Crippen LogP contribution in [-0.2, 0) is 9.84 Å². The van der Waals surface area contributed by atoms with E-state index in [0.29, 0.717) is 30.3 Å². The molecule has 31 heavy (non-hydrogen) atoms. The topological polar surface area (TPSA) is 121 Å². The van der Waals surface area contributed by atoms with Crippen LogP contribution >= 0.6 is 0 Å². The van der Waals surface area contributed by atoms with Crippen LogP contribution in [0.3, 0.4) is 0 Å². The number of sulfone groups is 1. The van der Waals surface area contributed by atoms with Crippen molar-refractivity contribution in [2.75, 3.05) is 24.3 Å². The van der Waals surface area contributed by atoms with E-state index < -0.39 is 15.7 Å². The van der Waals surface area contributed by atoms with E-state index in [-0.39, 0.29) is 28.1 Å². The number of nitrogens with zero attached hydrogens (tertiary/aromatic N) is 2. The quantitative estimate of drug-likeness (QED) is 0.531. The maximum Gasteiger partial charge on any atom is 0.322 e. The normalized spacial score (nSPS) is 11.2. The number of carbonyl (C=O) groups is 1. The average Bonchev–Trinajstić information content (AvgIpc) is 3.23. The fourth-order valence-corrected chi connectivity index (χ4v) is 3.91. The van der Waals surface area contributed by atoms with Crippen LogP contribution in [0.2, 0.25) is 0 Å². The summed E-state index contributed by atoms with van der Waals surface area (Å²) in [5.74, 6) is 0.500. The molecular weight excluding hydrogens is 422 g/mol. The lowest BCUT2D eigenvalue weighted by molar-refractivity contribution is 0.102. The van der Waals surface area contributed by atoms with Gasteiger partial charge in [0.05, 0.1) is 29.4 Å². The van der Waals surface area contributed by atoms with Crippen molar-refractivity contribution < 1.29 is 27.1 Å². The van der Waals surface area contributed by atoms with Gasteiger partial charge in [0.15, 0.2) is 21.3 Å². The lowest BCUT2D eigenvalue weighted by Crippen LogP contribution is -2.17. The Morgan fingerprint density at radius 2 is 1.71 bits per heavy atom. The molecule has 0 spiro atoms. The summed E-state index contributed by atoms with van der Waals surface area (Å²) in [5, 5.41) is 10.2. The number of carbonyl (C=O) groups excluding carboxylic acids is 1. The van der Waals surface area contributed by atoms with Gasteiger partial charge in [-0.1, -0.05) is 24.2 Å². The highest BCUT2D eigenvalue weighted by Gasteiger charge is 2.22. The van der Waals surface area contributed by atoms with Crippen molar-refractivity contribution in [1.29, 1.82) is 0 Å². The molecule has 0 radical (unpaired) electrons. The largest absolute Gasteiger partial charge is 0.490 e. The molecule has 1 aromatic heterocycles. The maximum atomic E-state index is 12.7. The first kappa shape index (κ1) is 22.3. The van der Waals surface area contributed by atoms with Crippen LogP contribution in [0, 0.1) is 0 Å². The second-order valence-electron chi connectivity index (χ2n) is 6.29. The van der Waals surface area contributed by atoms with Gasteiger partial charge >= 0.3 is 6.01 Å². The van der Waals surface area contributed by atoms with Crippen molar-refractivity contribution >= 4 is 21.8 Å². The third-order valence-electron chi connectivity index (χ3n) is 4.28. The molecular formula is C21H23N3O6S. The molecule has 0 fully saturated rings. The molecule has 0 unspecified atom stereocenters. The second-order valence-corrected chi connectivity index (χ2v) is 8.54. The molecule has 0 atom stereocenters. The highest BCUT2D eigenvalue weighted by Crippen LogP contribution is 2.33. The molecule has 3 rings (SSSR count). The predicted molar refractivity (Wildman–Crippen MR) is 114 cm³/mol. The maximum absolute atomic E-state index is 12.7. The summed E-state index contributed by atoms with van der Waals surface area (Å²) in [6.07, 6.45) is 0. The first-order chi connectivity index (χ1) is 14.9. The zero-order chi connectivity index (χ0) is 22.4. The standard InChI is InChI=1S/C21H23N3O6S/c1-4-28-16-12-11-14(13-17(16)29-5-2)20-23-24-21(30-20)22-19(25)15-9-7-8-10-18(15)31(26,27)6-3/h7-13H,4-6H2,1-3H3,(H,22,24,25). The molecule has 0 bridgehead atoms. The lowest BCUT2D eigenvalue weighted by Gasteiger charge is -2.11. The smallest absolute Gasteiger partial charge is 0.322 e. The van der Waals surface area contributed by atoms with Crippen LogP contribution < -0.4 is 14.8 Å². The van der Waals surface area contributed by atoms with Crippen molar-refractivity contribution in [3.8, 4) is 23.0 Å². The average molecular weight is 445 g/mol. The van der Waals surface area contributed by atoms with Crippen LogP contribution in [0.25, 0.3) is 11.5 Å². The minimum Gasteiger partial charge on any atom is -0.490 e. The monoisotopic (exact) mass is 445 g/mol. The number of rotatable bonds is 9. The Labute approximate surface area is 180 Å². The highest BCUT2D eigenvalue weighted by molar-refractivity contribution is 7.91. The molecule has 1 amide bonds. The van der Waals surface area contributed by atoms with Gasteiger partial charge in [0.1, 0.15) is 0 Å². The number of hydrogen-bond acceptors (Lipinski definition) is 8. The minimum atomic E-state index is -3.58. The third kappa shape index (κ3) is 5.02. The Bertz CT molecular complexity index is 1170. The number of hydrogen-bond donors (Lipinski definition) is 1. The fraction of sp³-hybridized carbons (Fsp3) is 0.286. The van der Waals surface area contributed by atoms with Crippen LogP contribution in [0.15, 0.2) is 51.8 Å². The van der Waals surface area contributed by atoms with Crippen LogP contribution in [0.1, 0.15) is 31.1 Å². The van der Waals surface area contributed by atoms with Gasteiger partial charge < -0.3 is 13.9 Å². The van der Waals surface area contributed by atoms with E-state index in [9.17, 15) is 13.2 Å². The first-order valence-electron chi connectivity index (χ1n) is 9.76. The molecule has 2 aromatic carbocycles. The summed E-state index contributed by atoms with van der Waals surface area (Å²) in [5.41, 5.74) is 0.581. The number of ether oxygens (including phenoxy) is 2. The summed E-state index contributed by atoms with van der Waals surface area (Å²) in [6, 6.07) is 11.0. The SMILES string of the molecule is CCOc1ccc(-c2nnc(NC(=O)c3ccccc3S(=O)(=O)CC)o2)cc1OCC. The van der Waals surface area contributed by atoms with Gasteiger partial charge in [-0.15, -0.1) is 5.10 Å². The number of anilines is 1. The summed E-state index contributed by atoms with van der Waals surface area (Å²) >= 11 is 0. The number of benzene rings is 2. The van der Waals surface area contributed by atoms with Gasteiger partial charge in [-0.3, -0.25) is 10.1 Å². The molecule has 1 heterocycles. The minimum absolute atomic E-state index is 0.00352. The van der Waals surface area contributed by atoms with Crippen LogP contribution in [0.4, 0.5) is 6.01 Å². The van der Waals surface area contributed by atoms with E-state index in [1.54, 1.807) is 30.3 Å². The zero-order valence-electron chi connectivity index (χ0n) is 17.4. The first-order valence-corrected chi connectivity index (χ1v) is 11.4. The Hall–Kier alpha value is -3.40. The van der Waals surface area contributed by atoms with Crippen molar-refractivity contribution in [1.82, 2.24) is 10.2 Å². The number of nitrogens with one attached hydrogen (secondary N) is 1. The predicted octanol–water partition coefficient (Wildman–Crippen LogP) is 3.58. The van der Waals surface area contributed by atoms with Gasteiger partial charge in [-0.05, 0) is 44.2 Å². The van der Waals surface area contributed by atoms with E-state index >= 15 is 0 Å². The third-order valence-corrected chi connectivity index (χ3v) is 6.07. The van der Waals surface area contributed by atoms with E-state index in [2.05, 4.69) is 15.5 Å².